The van der Waals surface area contributed by atoms with Crippen molar-refractivity contribution in [2.75, 3.05) is 20.1 Å². The van der Waals surface area contributed by atoms with Crippen LogP contribution in [0, 0.1) is 6.92 Å². The maximum absolute atomic E-state index is 12.5. The summed E-state index contributed by atoms with van der Waals surface area (Å²) in [5.41, 5.74) is 1.20. The van der Waals surface area contributed by atoms with Crippen molar-refractivity contribution in [2.24, 2.45) is 7.05 Å². The van der Waals surface area contributed by atoms with E-state index < -0.39 is 0 Å². The number of furan rings is 1. The first-order chi connectivity index (χ1) is 11.0. The largest absolute Gasteiger partial charge is 0.464 e. The molecular formula is C17H24N4O2. The normalized spacial score (nSPS) is 18.5. The molecular weight excluding hydrogens is 292 g/mol. The highest BCUT2D eigenvalue weighted by Gasteiger charge is 2.29. The van der Waals surface area contributed by atoms with E-state index in [9.17, 15) is 4.79 Å². The molecule has 1 amide bonds. The predicted octanol–water partition coefficient (Wildman–Crippen LogP) is 2.12. The van der Waals surface area contributed by atoms with E-state index in [0.29, 0.717) is 19.1 Å². The average Bonchev–Trinajstić information content (AvgIpc) is 3.21. The molecule has 0 aromatic carbocycles. The monoisotopic (exact) mass is 316 g/mol. The van der Waals surface area contributed by atoms with Gasteiger partial charge in [0.1, 0.15) is 11.5 Å². The Hall–Kier alpha value is -2.08. The summed E-state index contributed by atoms with van der Waals surface area (Å²) in [7, 11) is 3.75. The second-order valence-corrected chi connectivity index (χ2v) is 6.34. The second-order valence-electron chi connectivity index (χ2n) is 6.34. The minimum absolute atomic E-state index is 0.120. The summed E-state index contributed by atoms with van der Waals surface area (Å²) < 4.78 is 7.37. The van der Waals surface area contributed by atoms with Crippen LogP contribution in [0.15, 0.2) is 28.9 Å². The van der Waals surface area contributed by atoms with Crippen LogP contribution in [0.5, 0.6) is 0 Å². The summed E-state index contributed by atoms with van der Waals surface area (Å²) in [5.74, 6) is 1.82. The Labute approximate surface area is 136 Å². The van der Waals surface area contributed by atoms with Crippen LogP contribution >= 0.6 is 0 Å². The zero-order chi connectivity index (χ0) is 16.4. The van der Waals surface area contributed by atoms with Gasteiger partial charge in [0.2, 0.25) is 5.91 Å². The molecule has 0 radical (unpaired) electrons. The first-order valence-corrected chi connectivity index (χ1v) is 8.05. The first kappa shape index (κ1) is 15.8. The van der Waals surface area contributed by atoms with Gasteiger partial charge in [0, 0.05) is 31.9 Å². The zero-order valence-corrected chi connectivity index (χ0v) is 14.0. The molecule has 0 aliphatic carbocycles. The summed E-state index contributed by atoms with van der Waals surface area (Å²) in [6.45, 7) is 3.82. The Balaban J connectivity index is 1.60. The molecule has 2 aromatic heterocycles. The lowest BCUT2D eigenvalue weighted by Gasteiger charge is -2.25. The van der Waals surface area contributed by atoms with E-state index in [0.717, 1.165) is 30.9 Å². The minimum Gasteiger partial charge on any atom is -0.464 e. The van der Waals surface area contributed by atoms with E-state index in [-0.39, 0.29) is 5.91 Å². The van der Waals surface area contributed by atoms with E-state index in [1.807, 2.05) is 50.2 Å². The molecule has 23 heavy (non-hydrogen) atoms. The predicted molar refractivity (Wildman–Crippen MR) is 86.7 cm³/mol. The topological polar surface area (TPSA) is 54.5 Å². The number of amides is 1. The van der Waals surface area contributed by atoms with Gasteiger partial charge in [0.05, 0.1) is 19.3 Å². The first-order valence-electron chi connectivity index (χ1n) is 8.05. The lowest BCUT2D eigenvalue weighted by atomic mass is 10.1. The van der Waals surface area contributed by atoms with Crippen LogP contribution < -0.4 is 0 Å². The maximum atomic E-state index is 12.5. The van der Waals surface area contributed by atoms with Crippen molar-refractivity contribution >= 4 is 5.91 Å². The lowest BCUT2D eigenvalue weighted by molar-refractivity contribution is -0.132. The van der Waals surface area contributed by atoms with Gasteiger partial charge in [-0.1, -0.05) is 0 Å². The molecule has 1 saturated heterocycles. The van der Waals surface area contributed by atoms with E-state index in [1.54, 1.807) is 4.90 Å². The SMILES string of the molecule is Cc1ccc(CN(C)C(=O)CN2CCC[C@H]2c2cnn(C)c2)o1. The van der Waals surface area contributed by atoms with E-state index in [2.05, 4.69) is 10.00 Å². The summed E-state index contributed by atoms with van der Waals surface area (Å²) in [6.07, 6.45) is 6.15. The molecule has 0 N–H and O–H groups in total. The Bertz CT molecular complexity index is 676. The maximum Gasteiger partial charge on any atom is 0.236 e. The van der Waals surface area contributed by atoms with Crippen LogP contribution in [0.3, 0.4) is 0 Å². The number of hydrogen-bond acceptors (Lipinski definition) is 4. The van der Waals surface area contributed by atoms with Crippen LogP contribution in [0.2, 0.25) is 0 Å². The van der Waals surface area contributed by atoms with E-state index >= 15 is 0 Å². The van der Waals surface area contributed by atoms with E-state index in [4.69, 9.17) is 4.42 Å². The third kappa shape index (κ3) is 3.64. The highest BCUT2D eigenvalue weighted by atomic mass is 16.3. The number of aryl methyl sites for hydroxylation is 2. The van der Waals surface area contributed by atoms with Gasteiger partial charge in [0.15, 0.2) is 0 Å². The summed E-state index contributed by atoms with van der Waals surface area (Å²) in [6, 6.07) is 4.15. The molecule has 2 aromatic rings. The summed E-state index contributed by atoms with van der Waals surface area (Å²) >= 11 is 0. The van der Waals surface area contributed by atoms with Crippen molar-refractivity contribution < 1.29 is 9.21 Å². The van der Waals surface area contributed by atoms with Gasteiger partial charge in [-0.05, 0) is 38.4 Å². The number of likely N-dealkylation sites (tertiary alicyclic amines) is 1. The van der Waals surface area contributed by atoms with Crippen LogP contribution in [0.1, 0.15) is 36.0 Å². The molecule has 6 nitrogen and oxygen atoms in total. The second kappa shape index (κ2) is 6.58. The van der Waals surface area contributed by atoms with Crippen molar-refractivity contribution in [3.05, 3.63) is 41.6 Å². The molecule has 124 valence electrons. The molecule has 1 atom stereocenters. The molecule has 0 saturated carbocycles. The fraction of sp³-hybridized carbons (Fsp3) is 0.529. The summed E-state index contributed by atoms with van der Waals surface area (Å²) in [4.78, 5) is 16.5. The Morgan fingerprint density at radius 1 is 1.48 bits per heavy atom. The molecule has 3 rings (SSSR count). The molecule has 1 aliphatic heterocycles. The molecule has 1 aliphatic rings. The molecule has 3 heterocycles. The molecule has 0 spiro atoms. The number of aromatic nitrogens is 2. The van der Waals surface area contributed by atoms with Crippen LogP contribution in [-0.2, 0) is 18.4 Å². The van der Waals surface area contributed by atoms with E-state index in [1.165, 1.54) is 5.56 Å². The third-order valence-electron chi connectivity index (χ3n) is 4.43. The highest BCUT2D eigenvalue weighted by molar-refractivity contribution is 5.78. The van der Waals surface area contributed by atoms with Gasteiger partial charge >= 0.3 is 0 Å². The quantitative estimate of drug-likeness (QED) is 0.848. The van der Waals surface area contributed by atoms with Crippen molar-refractivity contribution in [1.82, 2.24) is 19.6 Å². The Morgan fingerprint density at radius 2 is 2.30 bits per heavy atom. The average molecular weight is 316 g/mol. The van der Waals surface area contributed by atoms with Gasteiger partial charge < -0.3 is 9.32 Å². The summed E-state index contributed by atoms with van der Waals surface area (Å²) in [5, 5.41) is 4.25. The van der Waals surface area contributed by atoms with Crippen molar-refractivity contribution in [1.29, 1.82) is 0 Å². The fourth-order valence-electron chi connectivity index (χ4n) is 3.19. The Morgan fingerprint density at radius 3 is 2.96 bits per heavy atom. The van der Waals surface area contributed by atoms with Crippen LogP contribution in [0.25, 0.3) is 0 Å². The number of likely N-dealkylation sites (N-methyl/N-ethyl adjacent to an activating group) is 1. The van der Waals surface area contributed by atoms with Crippen molar-refractivity contribution in [3.63, 3.8) is 0 Å². The van der Waals surface area contributed by atoms with Gasteiger partial charge in [-0.25, -0.2) is 0 Å². The molecule has 0 bridgehead atoms. The van der Waals surface area contributed by atoms with Crippen LogP contribution in [-0.4, -0.2) is 45.6 Å². The van der Waals surface area contributed by atoms with Crippen molar-refractivity contribution in [3.8, 4) is 0 Å². The fourth-order valence-corrected chi connectivity index (χ4v) is 3.19. The van der Waals surface area contributed by atoms with Gasteiger partial charge in [0.25, 0.3) is 0 Å². The number of carbonyl (C=O) groups is 1. The third-order valence-corrected chi connectivity index (χ3v) is 4.43. The van der Waals surface area contributed by atoms with Gasteiger partial charge in [-0.2, -0.15) is 5.10 Å². The Kier molecular flexibility index (Phi) is 4.52. The number of rotatable bonds is 5. The van der Waals surface area contributed by atoms with Crippen LogP contribution in [0.4, 0.5) is 0 Å². The standard InChI is InChI=1S/C17H24N4O2/c1-13-6-7-15(23-13)11-19(2)17(22)12-21-8-4-5-16(21)14-9-18-20(3)10-14/h6-7,9-10,16H,4-5,8,11-12H2,1-3H3/t16-/m0/s1. The highest BCUT2D eigenvalue weighted by Crippen LogP contribution is 2.31. The van der Waals surface area contributed by atoms with Gasteiger partial charge in [-0.15, -0.1) is 0 Å². The van der Waals surface area contributed by atoms with Gasteiger partial charge in [-0.3, -0.25) is 14.4 Å². The van der Waals surface area contributed by atoms with Crippen molar-refractivity contribution in [2.45, 2.75) is 32.4 Å². The lowest BCUT2D eigenvalue weighted by Crippen LogP contribution is -2.37. The molecule has 1 fully saturated rings. The molecule has 6 heteroatoms. The smallest absolute Gasteiger partial charge is 0.236 e. The number of hydrogen-bond donors (Lipinski definition) is 0. The number of carbonyl (C=O) groups excluding carboxylic acids is 1. The molecule has 0 unspecified atom stereocenters. The zero-order valence-electron chi connectivity index (χ0n) is 14.0. The minimum atomic E-state index is 0.120. The number of nitrogens with zero attached hydrogens (tertiary/aromatic N) is 4.